The molecule has 0 fully saturated rings. The summed E-state index contributed by atoms with van der Waals surface area (Å²) in [5.41, 5.74) is 1.12. The maximum Gasteiger partial charge on any atom is 0.0620 e. The summed E-state index contributed by atoms with van der Waals surface area (Å²) in [6.45, 7) is 3.82. The summed E-state index contributed by atoms with van der Waals surface area (Å²) in [5.74, 6) is 0. The molecule has 2 aromatic rings. The molecule has 2 rings (SSSR count). The van der Waals surface area contributed by atoms with Gasteiger partial charge < -0.3 is 0 Å². The zero-order valence-corrected chi connectivity index (χ0v) is 6.90. The second-order valence-corrected chi connectivity index (χ2v) is 3.18. The predicted octanol–water partition coefficient (Wildman–Crippen LogP) is 2.67. The molecule has 0 aliphatic rings. The molecule has 0 unspecified atom stereocenters. The van der Waals surface area contributed by atoms with E-state index in [9.17, 15) is 0 Å². The van der Waals surface area contributed by atoms with Crippen molar-refractivity contribution in [3.05, 3.63) is 36.9 Å². The van der Waals surface area contributed by atoms with E-state index in [1.54, 1.807) is 11.5 Å². The molecule has 0 atom stereocenters. The highest BCUT2D eigenvalue weighted by Gasteiger charge is 2.00. The molecular weight excluding hydrogens is 154 g/mol. The lowest BCUT2D eigenvalue weighted by atomic mass is 10.2. The number of rotatable bonds is 1. The maximum absolute atomic E-state index is 4.29. The monoisotopic (exact) mass is 162 g/mol. The Bertz CT molecular complexity index is 364. The van der Waals surface area contributed by atoms with Crippen LogP contribution in [0.2, 0.25) is 0 Å². The second kappa shape index (κ2) is 2.62. The van der Waals surface area contributed by atoms with Crippen LogP contribution in [0.1, 0.15) is 5.69 Å². The van der Waals surface area contributed by atoms with Crippen LogP contribution in [0.25, 0.3) is 10.1 Å². The number of fused-ring (bicyclic) bond motifs is 1. The van der Waals surface area contributed by atoms with Crippen molar-refractivity contribution in [2.75, 3.05) is 0 Å². The van der Waals surface area contributed by atoms with Crippen molar-refractivity contribution < 1.29 is 0 Å². The van der Waals surface area contributed by atoms with Crippen molar-refractivity contribution in [2.45, 2.75) is 6.42 Å². The van der Waals surface area contributed by atoms with Gasteiger partial charge in [-0.1, -0.05) is 18.2 Å². The molecule has 0 spiro atoms. The molecule has 55 valence electrons. The van der Waals surface area contributed by atoms with Crippen molar-refractivity contribution in [2.24, 2.45) is 0 Å². The van der Waals surface area contributed by atoms with Crippen LogP contribution in [-0.4, -0.2) is 4.37 Å². The van der Waals surface area contributed by atoms with Crippen LogP contribution in [0.4, 0.5) is 0 Å². The molecule has 2 heteroatoms. The van der Waals surface area contributed by atoms with Crippen LogP contribution in [-0.2, 0) is 6.42 Å². The van der Waals surface area contributed by atoms with E-state index in [0.29, 0.717) is 0 Å². The van der Waals surface area contributed by atoms with Gasteiger partial charge in [-0.15, -0.1) is 0 Å². The molecular formula is C9H8NS. The van der Waals surface area contributed by atoms with Crippen molar-refractivity contribution in [1.29, 1.82) is 0 Å². The Hall–Kier alpha value is -0.890. The molecule has 1 radical (unpaired) electrons. The molecule has 0 N–H and O–H groups in total. The van der Waals surface area contributed by atoms with E-state index in [1.807, 2.05) is 12.1 Å². The van der Waals surface area contributed by atoms with Gasteiger partial charge in [-0.2, -0.15) is 4.37 Å². The average Bonchev–Trinajstić information content (AvgIpc) is 2.47. The molecule has 1 nitrogen and oxygen atoms in total. The van der Waals surface area contributed by atoms with Gasteiger partial charge >= 0.3 is 0 Å². The fraction of sp³-hybridized carbons (Fsp3) is 0.111. The lowest BCUT2D eigenvalue weighted by Crippen LogP contribution is -1.77. The fourth-order valence-electron chi connectivity index (χ4n) is 1.12. The van der Waals surface area contributed by atoms with Crippen molar-refractivity contribution >= 4 is 21.6 Å². The molecule has 11 heavy (non-hydrogen) atoms. The van der Waals surface area contributed by atoms with E-state index in [4.69, 9.17) is 0 Å². The summed E-state index contributed by atoms with van der Waals surface area (Å²) in [5, 5.41) is 1.26. The lowest BCUT2D eigenvalue weighted by Gasteiger charge is -1.88. The minimum atomic E-state index is 0.782. The van der Waals surface area contributed by atoms with Crippen molar-refractivity contribution in [3.63, 3.8) is 0 Å². The normalized spacial score (nSPS) is 10.6. The molecule has 1 aromatic carbocycles. The third-order valence-electron chi connectivity index (χ3n) is 1.69. The minimum absolute atomic E-state index is 0.782. The number of hydrogen-bond acceptors (Lipinski definition) is 2. The van der Waals surface area contributed by atoms with Crippen LogP contribution in [0.3, 0.4) is 0 Å². The zero-order chi connectivity index (χ0) is 7.68. The molecule has 0 saturated carbocycles. The highest BCUT2D eigenvalue weighted by atomic mass is 32.1. The highest BCUT2D eigenvalue weighted by molar-refractivity contribution is 7.13. The highest BCUT2D eigenvalue weighted by Crippen LogP contribution is 2.21. The topological polar surface area (TPSA) is 12.9 Å². The molecule has 1 aromatic heterocycles. The van der Waals surface area contributed by atoms with E-state index < -0.39 is 0 Å². The summed E-state index contributed by atoms with van der Waals surface area (Å²) < 4.78 is 5.55. The van der Waals surface area contributed by atoms with Gasteiger partial charge in [0.2, 0.25) is 0 Å². The van der Waals surface area contributed by atoms with E-state index >= 15 is 0 Å². The van der Waals surface area contributed by atoms with Crippen LogP contribution < -0.4 is 0 Å². The van der Waals surface area contributed by atoms with Gasteiger partial charge in [0.1, 0.15) is 0 Å². The van der Waals surface area contributed by atoms with Gasteiger partial charge in [-0.25, -0.2) is 0 Å². The SMILES string of the molecule is [CH2]Cc1nsc2ccccc12. The summed E-state index contributed by atoms with van der Waals surface area (Å²) in [6.07, 6.45) is 0.782. The first kappa shape index (κ1) is 6.80. The molecule has 0 amide bonds. The van der Waals surface area contributed by atoms with E-state index in [-0.39, 0.29) is 0 Å². The Balaban J connectivity index is 2.76. The first-order valence-corrected chi connectivity index (χ1v) is 4.31. The Morgan fingerprint density at radius 1 is 1.36 bits per heavy atom. The van der Waals surface area contributed by atoms with Gasteiger partial charge in [0.25, 0.3) is 0 Å². The van der Waals surface area contributed by atoms with Gasteiger partial charge in [0, 0.05) is 5.39 Å². The molecule has 0 bridgehead atoms. The number of benzene rings is 1. The Labute approximate surface area is 69.8 Å². The van der Waals surface area contributed by atoms with E-state index in [1.165, 1.54) is 10.1 Å². The fourth-order valence-corrected chi connectivity index (χ4v) is 1.94. The third kappa shape index (κ3) is 1.03. The van der Waals surface area contributed by atoms with E-state index in [0.717, 1.165) is 12.1 Å². The Morgan fingerprint density at radius 2 is 2.18 bits per heavy atom. The van der Waals surface area contributed by atoms with Gasteiger partial charge in [-0.3, -0.25) is 0 Å². The smallest absolute Gasteiger partial charge is 0.0620 e. The molecule has 0 aliphatic heterocycles. The molecule has 0 saturated heterocycles. The summed E-state index contributed by atoms with van der Waals surface area (Å²) in [4.78, 5) is 0. The quantitative estimate of drug-likeness (QED) is 0.628. The van der Waals surface area contributed by atoms with Gasteiger partial charge in [-0.05, 0) is 30.9 Å². The number of hydrogen-bond donors (Lipinski definition) is 0. The molecule has 0 aliphatic carbocycles. The minimum Gasteiger partial charge on any atom is -0.196 e. The van der Waals surface area contributed by atoms with E-state index in [2.05, 4.69) is 23.4 Å². The average molecular weight is 162 g/mol. The first-order chi connectivity index (χ1) is 5.42. The summed E-state index contributed by atoms with van der Waals surface area (Å²) in [7, 11) is 0. The van der Waals surface area contributed by atoms with Gasteiger partial charge in [0.05, 0.1) is 10.4 Å². The maximum atomic E-state index is 4.29. The second-order valence-electron chi connectivity index (χ2n) is 2.38. The standard InChI is InChI=1S/C9H8NS/c1-2-8-7-5-3-4-6-9(7)11-10-8/h3-6H,1-2H2. The van der Waals surface area contributed by atoms with Crippen molar-refractivity contribution in [3.8, 4) is 0 Å². The van der Waals surface area contributed by atoms with Crippen LogP contribution in [0.15, 0.2) is 24.3 Å². The number of aromatic nitrogens is 1. The Kier molecular flexibility index (Phi) is 1.62. The zero-order valence-electron chi connectivity index (χ0n) is 6.08. The summed E-state index contributed by atoms with van der Waals surface area (Å²) >= 11 is 1.55. The third-order valence-corrected chi connectivity index (χ3v) is 2.55. The largest absolute Gasteiger partial charge is 0.196 e. The van der Waals surface area contributed by atoms with Gasteiger partial charge in [0.15, 0.2) is 0 Å². The first-order valence-electron chi connectivity index (χ1n) is 3.54. The molecule has 1 heterocycles. The number of nitrogens with zero attached hydrogens (tertiary/aromatic N) is 1. The predicted molar refractivity (Wildman–Crippen MR) is 48.7 cm³/mol. The van der Waals surface area contributed by atoms with Crippen LogP contribution in [0, 0.1) is 6.92 Å². The van der Waals surface area contributed by atoms with Crippen LogP contribution >= 0.6 is 11.5 Å². The van der Waals surface area contributed by atoms with Crippen LogP contribution in [0.5, 0.6) is 0 Å². The Morgan fingerprint density at radius 3 is 3.00 bits per heavy atom. The van der Waals surface area contributed by atoms with Crippen molar-refractivity contribution in [1.82, 2.24) is 4.37 Å². The summed E-state index contributed by atoms with van der Waals surface area (Å²) in [6, 6.07) is 8.26. The lowest BCUT2D eigenvalue weighted by molar-refractivity contribution is 1.21.